The van der Waals surface area contributed by atoms with Gasteiger partial charge < -0.3 is 19.3 Å². The fourth-order valence-corrected chi connectivity index (χ4v) is 3.86. The van der Waals surface area contributed by atoms with E-state index >= 15 is 4.39 Å². The van der Waals surface area contributed by atoms with Crippen molar-refractivity contribution in [2.45, 2.75) is 5.92 Å². The highest BCUT2D eigenvalue weighted by molar-refractivity contribution is 5.86. The predicted octanol–water partition coefficient (Wildman–Crippen LogP) is 4.22. The van der Waals surface area contributed by atoms with Crippen LogP contribution >= 0.6 is 0 Å². The Morgan fingerprint density at radius 3 is 2.62 bits per heavy atom. The van der Waals surface area contributed by atoms with Gasteiger partial charge in [0.2, 0.25) is 5.88 Å². The van der Waals surface area contributed by atoms with Crippen molar-refractivity contribution >= 4 is 17.3 Å². The molecule has 1 aliphatic rings. The molecule has 0 bridgehead atoms. The van der Waals surface area contributed by atoms with Gasteiger partial charge in [0.25, 0.3) is 0 Å². The second-order valence-corrected chi connectivity index (χ2v) is 7.11. The summed E-state index contributed by atoms with van der Waals surface area (Å²) in [6.07, 6.45) is 0.545. The Hall–Kier alpha value is -4.64. The number of nitriles is 1. The zero-order chi connectivity index (χ0) is 22.4. The maximum absolute atomic E-state index is 15.3. The zero-order valence-electron chi connectivity index (χ0n) is 16.3. The summed E-state index contributed by atoms with van der Waals surface area (Å²) in [4.78, 5) is 23.7. The molecular formula is C24H13FN2O5. The van der Waals surface area contributed by atoms with Crippen LogP contribution in [0.15, 0.2) is 79.7 Å². The SMILES string of the molecule is N#CC1=C(N)Oc2c(c(=O)oc3ccccc23)C1c1ccc(-c2ccc(C=O)o2)cc1F. The number of nitrogens with zero attached hydrogens (tertiary/aromatic N) is 1. The van der Waals surface area contributed by atoms with E-state index in [1.165, 1.54) is 18.2 Å². The summed E-state index contributed by atoms with van der Waals surface area (Å²) in [6, 6.07) is 15.8. The summed E-state index contributed by atoms with van der Waals surface area (Å²) < 4.78 is 31.7. The smallest absolute Gasteiger partial charge is 0.344 e. The number of para-hydroxylation sites is 1. The highest BCUT2D eigenvalue weighted by Crippen LogP contribution is 2.44. The fraction of sp³-hybridized carbons (Fsp3) is 0.0417. The lowest BCUT2D eigenvalue weighted by molar-refractivity contribution is 0.110. The van der Waals surface area contributed by atoms with Gasteiger partial charge in [-0.05, 0) is 30.3 Å². The van der Waals surface area contributed by atoms with E-state index in [2.05, 4.69) is 0 Å². The molecule has 0 aliphatic carbocycles. The lowest BCUT2D eigenvalue weighted by Crippen LogP contribution is -2.26. The third-order valence-electron chi connectivity index (χ3n) is 5.31. The molecule has 8 heteroatoms. The number of furan rings is 1. The number of carbonyl (C=O) groups is 1. The molecule has 0 fully saturated rings. The van der Waals surface area contributed by atoms with Crippen LogP contribution in [-0.4, -0.2) is 6.29 Å². The minimum absolute atomic E-state index is 0.0117. The Morgan fingerprint density at radius 1 is 1.09 bits per heavy atom. The van der Waals surface area contributed by atoms with E-state index < -0.39 is 17.4 Å². The molecule has 1 aliphatic heterocycles. The molecule has 32 heavy (non-hydrogen) atoms. The number of carbonyl (C=O) groups excluding carboxylic acids is 1. The second kappa shape index (κ2) is 7.25. The first-order chi connectivity index (χ1) is 15.5. The molecule has 2 aromatic heterocycles. The molecule has 2 N–H and O–H groups in total. The number of halogens is 1. The van der Waals surface area contributed by atoms with E-state index in [-0.39, 0.29) is 39.7 Å². The van der Waals surface area contributed by atoms with Gasteiger partial charge in [-0.3, -0.25) is 4.79 Å². The molecule has 4 aromatic rings. The van der Waals surface area contributed by atoms with Crippen molar-refractivity contribution in [3.05, 3.63) is 99.2 Å². The molecule has 0 saturated heterocycles. The van der Waals surface area contributed by atoms with Gasteiger partial charge in [0.05, 0.1) is 16.9 Å². The minimum atomic E-state index is -1.12. The van der Waals surface area contributed by atoms with Crippen LogP contribution in [0.3, 0.4) is 0 Å². The summed E-state index contributed by atoms with van der Waals surface area (Å²) in [5.74, 6) is -1.51. The average Bonchev–Trinajstić information content (AvgIpc) is 3.28. The van der Waals surface area contributed by atoms with Gasteiger partial charge in [0.15, 0.2) is 17.8 Å². The van der Waals surface area contributed by atoms with E-state index in [1.54, 1.807) is 36.4 Å². The van der Waals surface area contributed by atoms with E-state index in [4.69, 9.17) is 19.3 Å². The van der Waals surface area contributed by atoms with E-state index in [9.17, 15) is 14.9 Å². The first kappa shape index (κ1) is 19.3. The van der Waals surface area contributed by atoms with Gasteiger partial charge in [0, 0.05) is 11.1 Å². The summed E-state index contributed by atoms with van der Waals surface area (Å²) in [7, 11) is 0. The van der Waals surface area contributed by atoms with Crippen molar-refractivity contribution in [2.75, 3.05) is 0 Å². The summed E-state index contributed by atoms with van der Waals surface area (Å²) >= 11 is 0. The molecule has 0 saturated carbocycles. The molecular weight excluding hydrogens is 415 g/mol. The lowest BCUT2D eigenvalue weighted by Gasteiger charge is -2.26. The number of allylic oxidation sites excluding steroid dienone is 1. The van der Waals surface area contributed by atoms with Crippen molar-refractivity contribution in [3.63, 3.8) is 0 Å². The first-order valence-corrected chi connectivity index (χ1v) is 9.50. The van der Waals surface area contributed by atoms with Crippen molar-refractivity contribution < 1.29 is 22.8 Å². The quantitative estimate of drug-likeness (QED) is 0.383. The molecule has 1 unspecified atom stereocenters. The predicted molar refractivity (Wildman–Crippen MR) is 111 cm³/mol. The summed E-state index contributed by atoms with van der Waals surface area (Å²) in [5.41, 5.74) is 5.83. The molecule has 156 valence electrons. The number of hydrogen-bond acceptors (Lipinski definition) is 7. The van der Waals surface area contributed by atoms with Crippen LogP contribution in [-0.2, 0) is 0 Å². The van der Waals surface area contributed by atoms with Gasteiger partial charge in [0.1, 0.15) is 28.8 Å². The van der Waals surface area contributed by atoms with Crippen LogP contribution in [0.5, 0.6) is 5.75 Å². The van der Waals surface area contributed by atoms with E-state index in [1.807, 2.05) is 6.07 Å². The first-order valence-electron chi connectivity index (χ1n) is 9.50. The molecule has 5 rings (SSSR count). The number of aldehydes is 1. The number of rotatable bonds is 3. The topological polar surface area (TPSA) is 119 Å². The third-order valence-corrected chi connectivity index (χ3v) is 5.31. The van der Waals surface area contributed by atoms with Crippen LogP contribution in [0.25, 0.3) is 22.3 Å². The van der Waals surface area contributed by atoms with Gasteiger partial charge in [-0.2, -0.15) is 5.26 Å². The van der Waals surface area contributed by atoms with Crippen LogP contribution in [0, 0.1) is 17.1 Å². The molecule has 0 amide bonds. The average molecular weight is 428 g/mol. The number of nitrogens with two attached hydrogens (primary N) is 1. The number of hydrogen-bond donors (Lipinski definition) is 1. The maximum Gasteiger partial charge on any atom is 0.344 e. The normalized spacial score (nSPS) is 15.2. The lowest BCUT2D eigenvalue weighted by atomic mass is 9.83. The largest absolute Gasteiger partial charge is 0.453 e. The van der Waals surface area contributed by atoms with Crippen LogP contribution in [0.1, 0.15) is 27.6 Å². The van der Waals surface area contributed by atoms with E-state index in [0.29, 0.717) is 23.0 Å². The van der Waals surface area contributed by atoms with E-state index in [0.717, 1.165) is 0 Å². The summed E-state index contributed by atoms with van der Waals surface area (Å²) in [6.45, 7) is 0. The van der Waals surface area contributed by atoms with Gasteiger partial charge >= 0.3 is 5.63 Å². The molecule has 0 radical (unpaired) electrons. The maximum atomic E-state index is 15.3. The van der Waals surface area contributed by atoms with Crippen molar-refractivity contribution in [3.8, 4) is 23.1 Å². The third kappa shape index (κ3) is 2.87. The Labute approximate surface area is 179 Å². The Morgan fingerprint density at radius 2 is 1.91 bits per heavy atom. The Bertz CT molecular complexity index is 1540. The standard InChI is InChI=1S/C24H13FN2O5/c25-17-9-12(18-8-6-13(11-28)30-18)5-7-14(17)20-16(10-26)23(27)32-22-15-3-1-2-4-19(15)31-24(29)21(20)22/h1-9,11,20H,27H2. The highest BCUT2D eigenvalue weighted by atomic mass is 19.1. The molecule has 7 nitrogen and oxygen atoms in total. The van der Waals surface area contributed by atoms with Crippen LogP contribution in [0.4, 0.5) is 4.39 Å². The van der Waals surface area contributed by atoms with Gasteiger partial charge in [-0.1, -0.05) is 24.3 Å². The number of benzene rings is 2. The molecule has 2 aromatic carbocycles. The number of ether oxygens (including phenoxy) is 1. The Kier molecular flexibility index (Phi) is 4.38. The molecule has 0 spiro atoms. The van der Waals surface area contributed by atoms with Gasteiger partial charge in [-0.15, -0.1) is 0 Å². The van der Waals surface area contributed by atoms with Crippen LogP contribution in [0.2, 0.25) is 0 Å². The highest BCUT2D eigenvalue weighted by Gasteiger charge is 2.37. The summed E-state index contributed by atoms with van der Waals surface area (Å²) in [5, 5.41) is 10.2. The van der Waals surface area contributed by atoms with Gasteiger partial charge in [-0.25, -0.2) is 9.18 Å². The zero-order valence-corrected chi connectivity index (χ0v) is 16.3. The molecule has 3 heterocycles. The number of fused-ring (bicyclic) bond motifs is 3. The monoisotopic (exact) mass is 428 g/mol. The van der Waals surface area contributed by atoms with Crippen LogP contribution < -0.4 is 16.1 Å². The van der Waals surface area contributed by atoms with Crippen molar-refractivity contribution in [2.24, 2.45) is 5.73 Å². The second-order valence-electron chi connectivity index (χ2n) is 7.11. The van der Waals surface area contributed by atoms with Crippen molar-refractivity contribution in [1.82, 2.24) is 0 Å². The fourth-order valence-electron chi connectivity index (χ4n) is 3.86. The minimum Gasteiger partial charge on any atom is -0.453 e. The molecule has 1 atom stereocenters. The Balaban J connectivity index is 1.73. The van der Waals surface area contributed by atoms with Crippen molar-refractivity contribution in [1.29, 1.82) is 5.26 Å².